The molecule has 4 amide bonds. The van der Waals surface area contributed by atoms with Gasteiger partial charge in [-0.05, 0) is 31.6 Å². The molecule has 1 aliphatic rings. The topological polar surface area (TPSA) is 116 Å². The van der Waals surface area contributed by atoms with Crippen LogP contribution in [-0.4, -0.2) is 59.9 Å². The maximum absolute atomic E-state index is 12.0. The molecule has 0 aromatic heterocycles. The highest BCUT2D eigenvalue weighted by Crippen LogP contribution is 2.26. The predicted molar refractivity (Wildman–Crippen MR) is 121 cm³/mol. The molecule has 0 aromatic carbocycles. The van der Waals surface area contributed by atoms with Crippen LogP contribution < -0.4 is 10.6 Å². The predicted octanol–water partition coefficient (Wildman–Crippen LogP) is 2.10. The third-order valence-corrected chi connectivity index (χ3v) is 5.38. The average Bonchev–Trinajstić information content (AvgIpc) is 2.94. The number of nitrogens with one attached hydrogen (secondary N) is 2. The van der Waals surface area contributed by atoms with Gasteiger partial charge in [-0.1, -0.05) is 41.5 Å². The van der Waals surface area contributed by atoms with Crippen molar-refractivity contribution in [3.05, 3.63) is 0 Å². The highest BCUT2D eigenvalue weighted by Gasteiger charge is 2.39. The highest BCUT2D eigenvalue weighted by molar-refractivity contribution is 6.03. The molecule has 0 spiro atoms. The van der Waals surface area contributed by atoms with E-state index in [9.17, 15) is 19.2 Å². The Hall–Kier alpha value is -1.96. The average molecular weight is 442 g/mol. The van der Waals surface area contributed by atoms with Gasteiger partial charge in [-0.25, -0.2) is 0 Å². The van der Waals surface area contributed by atoms with Gasteiger partial charge in [0.1, 0.15) is 0 Å². The minimum atomic E-state index is -0.440. The van der Waals surface area contributed by atoms with Gasteiger partial charge in [0, 0.05) is 50.4 Å². The Balaban J connectivity index is 0.000000695. The lowest BCUT2D eigenvalue weighted by Crippen LogP contribution is -2.37. The zero-order valence-electron chi connectivity index (χ0n) is 20.4. The maximum Gasteiger partial charge on any atom is 0.233 e. The van der Waals surface area contributed by atoms with E-state index in [2.05, 4.69) is 24.5 Å². The first-order chi connectivity index (χ1) is 14.4. The molecule has 8 nitrogen and oxygen atoms in total. The van der Waals surface area contributed by atoms with Gasteiger partial charge in [0.25, 0.3) is 0 Å². The molecule has 8 heteroatoms. The summed E-state index contributed by atoms with van der Waals surface area (Å²) in [6.07, 6.45) is 1.92. The van der Waals surface area contributed by atoms with E-state index in [1.807, 2.05) is 34.6 Å². The first kappa shape index (κ1) is 29.0. The molecule has 1 fully saturated rings. The van der Waals surface area contributed by atoms with Crippen LogP contribution in [0.2, 0.25) is 0 Å². The lowest BCUT2D eigenvalue weighted by molar-refractivity contribution is -0.140. The van der Waals surface area contributed by atoms with E-state index in [0.717, 1.165) is 6.42 Å². The number of likely N-dealkylation sites (tertiary alicyclic amines) is 1. The molecule has 0 radical (unpaired) electrons. The summed E-state index contributed by atoms with van der Waals surface area (Å²) in [6, 6.07) is 0. The van der Waals surface area contributed by atoms with Crippen LogP contribution in [0.4, 0.5) is 0 Å². The number of hydrogen-bond donors (Lipinski definition) is 3. The molecule has 3 N–H and O–H groups in total. The normalized spacial score (nSPS) is 16.5. The number of carbonyl (C=O) groups excluding carboxylic acids is 4. The summed E-state index contributed by atoms with van der Waals surface area (Å²) in [5, 5.41) is 14.2. The van der Waals surface area contributed by atoms with Crippen LogP contribution in [0.3, 0.4) is 0 Å². The van der Waals surface area contributed by atoms with E-state index in [1.165, 1.54) is 4.90 Å². The Morgan fingerprint density at radius 3 is 2.23 bits per heavy atom. The van der Waals surface area contributed by atoms with E-state index in [-0.39, 0.29) is 61.5 Å². The fraction of sp³-hybridized carbons (Fsp3) is 0.826. The van der Waals surface area contributed by atoms with E-state index in [4.69, 9.17) is 5.11 Å². The first-order valence-corrected chi connectivity index (χ1v) is 11.4. The second-order valence-electron chi connectivity index (χ2n) is 9.44. The molecule has 1 rings (SSSR count). The van der Waals surface area contributed by atoms with E-state index in [0.29, 0.717) is 25.4 Å². The number of aliphatic hydroxyl groups is 1. The molecular formula is C23H43N3O5. The zero-order chi connectivity index (χ0) is 24.2. The molecular weight excluding hydrogens is 398 g/mol. The van der Waals surface area contributed by atoms with Gasteiger partial charge in [0.15, 0.2) is 0 Å². The lowest BCUT2D eigenvalue weighted by atomic mass is 9.89. The highest BCUT2D eigenvalue weighted by atomic mass is 16.3. The largest absolute Gasteiger partial charge is 0.396 e. The summed E-state index contributed by atoms with van der Waals surface area (Å²) in [5.74, 6) is 0.128. The lowest BCUT2D eigenvalue weighted by Gasteiger charge is -2.21. The van der Waals surface area contributed by atoms with E-state index >= 15 is 0 Å². The number of aliphatic hydroxyl groups excluding tert-OH is 1. The van der Waals surface area contributed by atoms with Crippen molar-refractivity contribution in [1.82, 2.24) is 15.5 Å². The Kier molecular flexibility index (Phi) is 13.3. The molecule has 1 aliphatic heterocycles. The van der Waals surface area contributed by atoms with Crippen LogP contribution in [0.15, 0.2) is 0 Å². The minimum absolute atomic E-state index is 0.00838. The summed E-state index contributed by atoms with van der Waals surface area (Å²) in [6.45, 7) is 15.2. The van der Waals surface area contributed by atoms with Crippen molar-refractivity contribution in [3.8, 4) is 0 Å². The van der Waals surface area contributed by atoms with Crippen molar-refractivity contribution >= 4 is 23.6 Å². The number of hydrogen-bond acceptors (Lipinski definition) is 5. The van der Waals surface area contributed by atoms with Crippen molar-refractivity contribution in [1.29, 1.82) is 0 Å². The van der Waals surface area contributed by atoms with Crippen molar-refractivity contribution in [2.75, 3.05) is 26.2 Å². The molecule has 1 atom stereocenters. The second kappa shape index (κ2) is 14.2. The van der Waals surface area contributed by atoms with Crippen LogP contribution in [0.5, 0.6) is 0 Å². The summed E-state index contributed by atoms with van der Waals surface area (Å²) >= 11 is 0. The Labute approximate surface area is 187 Å². The summed E-state index contributed by atoms with van der Waals surface area (Å²) in [7, 11) is 0. The first-order valence-electron chi connectivity index (χ1n) is 11.4. The Morgan fingerprint density at radius 2 is 1.77 bits per heavy atom. The van der Waals surface area contributed by atoms with Crippen LogP contribution >= 0.6 is 0 Å². The number of rotatable bonds is 11. The SMILES string of the molecule is CC(C)CCNC(=O)CCN1C(=O)CC(C(C)C)C1=O.CCNC(=O)C(C)(C)CCO. The monoisotopic (exact) mass is 441 g/mol. The van der Waals surface area contributed by atoms with Crippen LogP contribution in [0, 0.1) is 23.2 Å². The van der Waals surface area contributed by atoms with Crippen molar-refractivity contribution in [2.24, 2.45) is 23.2 Å². The van der Waals surface area contributed by atoms with Gasteiger partial charge in [0.2, 0.25) is 23.6 Å². The molecule has 0 bridgehead atoms. The maximum atomic E-state index is 12.0. The van der Waals surface area contributed by atoms with E-state index < -0.39 is 5.41 Å². The Bertz CT molecular complexity index is 602. The Morgan fingerprint density at radius 1 is 1.16 bits per heavy atom. The second-order valence-corrected chi connectivity index (χ2v) is 9.44. The van der Waals surface area contributed by atoms with Crippen molar-refractivity contribution in [2.45, 2.75) is 74.1 Å². The van der Waals surface area contributed by atoms with Gasteiger partial charge < -0.3 is 15.7 Å². The number of carbonyl (C=O) groups is 4. The summed E-state index contributed by atoms with van der Waals surface area (Å²) in [5.41, 5.74) is -0.440. The number of nitrogens with zero attached hydrogens (tertiary/aromatic N) is 1. The van der Waals surface area contributed by atoms with Crippen LogP contribution in [0.1, 0.15) is 74.1 Å². The minimum Gasteiger partial charge on any atom is -0.396 e. The van der Waals surface area contributed by atoms with Gasteiger partial charge >= 0.3 is 0 Å². The quantitative estimate of drug-likeness (QED) is 0.425. The molecule has 180 valence electrons. The third-order valence-electron chi connectivity index (χ3n) is 5.38. The van der Waals surface area contributed by atoms with Gasteiger partial charge in [-0.15, -0.1) is 0 Å². The van der Waals surface area contributed by atoms with Crippen molar-refractivity contribution < 1.29 is 24.3 Å². The summed E-state index contributed by atoms with van der Waals surface area (Å²) < 4.78 is 0. The fourth-order valence-electron chi connectivity index (χ4n) is 3.06. The molecule has 1 saturated heterocycles. The summed E-state index contributed by atoms with van der Waals surface area (Å²) in [4.78, 5) is 48.0. The van der Waals surface area contributed by atoms with E-state index in [1.54, 1.807) is 0 Å². The number of imide groups is 1. The molecule has 0 aliphatic carbocycles. The molecule has 0 aromatic rings. The fourth-order valence-corrected chi connectivity index (χ4v) is 3.06. The molecule has 31 heavy (non-hydrogen) atoms. The smallest absolute Gasteiger partial charge is 0.233 e. The molecule has 1 unspecified atom stereocenters. The molecule has 0 saturated carbocycles. The number of amides is 4. The van der Waals surface area contributed by atoms with Gasteiger partial charge in [-0.3, -0.25) is 24.1 Å². The standard InChI is InChI=1S/C15H26N2O3.C8H17NO2/c1-10(2)5-7-16-13(18)6-8-17-14(19)9-12(11(3)4)15(17)20;1-4-9-7(11)8(2,3)5-6-10/h10-12H,5-9H2,1-4H3,(H,16,18);10H,4-6H2,1-3H3,(H,9,11). The van der Waals surface area contributed by atoms with Crippen LogP contribution in [-0.2, 0) is 19.2 Å². The van der Waals surface area contributed by atoms with Gasteiger partial charge in [-0.2, -0.15) is 0 Å². The van der Waals surface area contributed by atoms with Crippen LogP contribution in [0.25, 0.3) is 0 Å². The molecule has 1 heterocycles. The van der Waals surface area contributed by atoms with Crippen molar-refractivity contribution in [3.63, 3.8) is 0 Å². The zero-order valence-corrected chi connectivity index (χ0v) is 20.4. The third kappa shape index (κ3) is 10.8. The van der Waals surface area contributed by atoms with Gasteiger partial charge in [0.05, 0.1) is 0 Å².